The van der Waals surface area contributed by atoms with Crippen molar-refractivity contribution >= 4 is 5.91 Å². The first-order valence-electron chi connectivity index (χ1n) is 5.64. The van der Waals surface area contributed by atoms with Gasteiger partial charge in [0, 0.05) is 25.1 Å². The Balaban J connectivity index is 2.18. The van der Waals surface area contributed by atoms with Crippen LogP contribution in [0.15, 0.2) is 24.3 Å². The molecule has 1 aromatic carbocycles. The first-order chi connectivity index (χ1) is 8.22. The molecule has 1 amide bonds. The van der Waals surface area contributed by atoms with Crippen LogP contribution in [-0.4, -0.2) is 29.2 Å². The summed E-state index contributed by atoms with van der Waals surface area (Å²) in [7, 11) is 0. The lowest BCUT2D eigenvalue weighted by Crippen LogP contribution is -2.36. The van der Waals surface area contributed by atoms with E-state index in [9.17, 15) is 9.18 Å². The molecule has 1 saturated heterocycles. The monoisotopic (exact) mass is 238 g/mol. The first-order valence-corrected chi connectivity index (χ1v) is 5.64. The fourth-order valence-corrected chi connectivity index (χ4v) is 2.05. The van der Waals surface area contributed by atoms with Crippen LogP contribution in [0.3, 0.4) is 0 Å². The van der Waals surface area contributed by atoms with Crippen LogP contribution >= 0.6 is 0 Å². The minimum absolute atomic E-state index is 0.0519. The van der Waals surface area contributed by atoms with Crippen LogP contribution in [0.2, 0.25) is 0 Å². The Morgan fingerprint density at radius 1 is 1.47 bits per heavy atom. The molecule has 0 aromatic heterocycles. The van der Waals surface area contributed by atoms with Gasteiger partial charge in [-0.3, -0.25) is 10.2 Å². The van der Waals surface area contributed by atoms with E-state index in [1.165, 1.54) is 6.07 Å². The summed E-state index contributed by atoms with van der Waals surface area (Å²) in [4.78, 5) is 11.4. The van der Waals surface area contributed by atoms with Crippen LogP contribution in [0, 0.1) is 5.82 Å². The van der Waals surface area contributed by atoms with Gasteiger partial charge in [-0.15, -0.1) is 0 Å². The Kier molecular flexibility index (Phi) is 3.71. The molecule has 2 rings (SSSR count). The lowest BCUT2D eigenvalue weighted by molar-refractivity contribution is -0.121. The van der Waals surface area contributed by atoms with Gasteiger partial charge in [0.05, 0.1) is 6.04 Å². The van der Waals surface area contributed by atoms with E-state index in [0.29, 0.717) is 18.5 Å². The number of amides is 1. The molecule has 1 fully saturated rings. The molecule has 1 heterocycles. The van der Waals surface area contributed by atoms with Gasteiger partial charge in [-0.2, -0.15) is 0 Å². The molecule has 0 spiro atoms. The van der Waals surface area contributed by atoms with Crippen molar-refractivity contribution < 1.29 is 14.3 Å². The predicted molar refractivity (Wildman–Crippen MR) is 60.3 cm³/mol. The van der Waals surface area contributed by atoms with Gasteiger partial charge in [-0.1, -0.05) is 18.2 Å². The largest absolute Gasteiger partial charge is 0.396 e. The zero-order chi connectivity index (χ0) is 12.3. The van der Waals surface area contributed by atoms with E-state index in [1.54, 1.807) is 23.2 Å². The predicted octanol–water partition coefficient (Wildman–Crippen LogP) is 0.986. The van der Waals surface area contributed by atoms with Gasteiger partial charge in [0.1, 0.15) is 5.82 Å². The summed E-state index contributed by atoms with van der Waals surface area (Å²) in [6.45, 7) is 0.567. The fourth-order valence-electron chi connectivity index (χ4n) is 2.05. The number of halogens is 1. The zero-order valence-corrected chi connectivity index (χ0v) is 9.40. The van der Waals surface area contributed by atoms with Crippen molar-refractivity contribution in [1.82, 2.24) is 10.4 Å². The average molecular weight is 238 g/mol. The Bertz CT molecular complexity index is 411. The minimum Gasteiger partial charge on any atom is -0.396 e. The Hall–Kier alpha value is -1.46. The van der Waals surface area contributed by atoms with Crippen LogP contribution < -0.4 is 5.43 Å². The average Bonchev–Trinajstić information content (AvgIpc) is 2.68. The standard InChI is InChI=1S/C12H15FN2O2/c13-10-5-2-1-4-9(10)11-8-12(17)14-15(11)6-3-7-16/h1-2,4-5,11,16H,3,6-8H2,(H,14,17). The molecule has 92 valence electrons. The van der Waals surface area contributed by atoms with Crippen LogP contribution in [0.5, 0.6) is 0 Å². The molecule has 5 heteroatoms. The molecule has 1 aromatic rings. The zero-order valence-electron chi connectivity index (χ0n) is 9.40. The number of nitrogens with zero attached hydrogens (tertiary/aromatic N) is 1. The van der Waals surface area contributed by atoms with Crippen molar-refractivity contribution in [3.63, 3.8) is 0 Å². The molecule has 4 nitrogen and oxygen atoms in total. The summed E-state index contributed by atoms with van der Waals surface area (Å²) >= 11 is 0. The van der Waals surface area contributed by atoms with Gasteiger partial charge in [0.25, 0.3) is 0 Å². The number of aliphatic hydroxyl groups is 1. The third kappa shape index (κ3) is 2.62. The summed E-state index contributed by atoms with van der Waals surface area (Å²) in [5.41, 5.74) is 3.20. The third-order valence-electron chi connectivity index (χ3n) is 2.84. The fraction of sp³-hybridized carbons (Fsp3) is 0.417. The molecule has 2 N–H and O–H groups in total. The Morgan fingerprint density at radius 2 is 2.24 bits per heavy atom. The molecular weight excluding hydrogens is 223 g/mol. The number of rotatable bonds is 4. The third-order valence-corrected chi connectivity index (χ3v) is 2.84. The van der Waals surface area contributed by atoms with Crippen LogP contribution in [0.1, 0.15) is 24.4 Å². The van der Waals surface area contributed by atoms with E-state index >= 15 is 0 Å². The van der Waals surface area contributed by atoms with Crippen molar-refractivity contribution in [2.75, 3.05) is 13.2 Å². The molecule has 0 aliphatic carbocycles. The number of hydrogen-bond donors (Lipinski definition) is 2. The van der Waals surface area contributed by atoms with Crippen molar-refractivity contribution in [1.29, 1.82) is 0 Å². The summed E-state index contributed by atoms with van der Waals surface area (Å²) < 4.78 is 13.6. The molecule has 0 radical (unpaired) electrons. The lowest BCUT2D eigenvalue weighted by Gasteiger charge is -2.23. The van der Waals surface area contributed by atoms with Gasteiger partial charge in [0.2, 0.25) is 5.91 Å². The molecule has 0 saturated carbocycles. The summed E-state index contributed by atoms with van der Waals surface area (Å²) in [5.74, 6) is -0.417. The highest BCUT2D eigenvalue weighted by Crippen LogP contribution is 2.29. The number of nitrogens with one attached hydrogen (secondary N) is 1. The van der Waals surface area contributed by atoms with Gasteiger partial charge in [0.15, 0.2) is 0 Å². The van der Waals surface area contributed by atoms with Gasteiger partial charge in [-0.25, -0.2) is 9.40 Å². The van der Waals surface area contributed by atoms with E-state index in [4.69, 9.17) is 5.11 Å². The first kappa shape index (κ1) is 12.0. The van der Waals surface area contributed by atoms with E-state index in [-0.39, 0.29) is 30.8 Å². The van der Waals surface area contributed by atoms with E-state index in [0.717, 1.165) is 0 Å². The SMILES string of the molecule is O=C1CC(c2ccccc2F)N(CCCO)N1. The number of carbonyl (C=O) groups excluding carboxylic acids is 1. The Morgan fingerprint density at radius 3 is 2.94 bits per heavy atom. The highest BCUT2D eigenvalue weighted by molar-refractivity contribution is 5.78. The number of benzene rings is 1. The second kappa shape index (κ2) is 5.25. The van der Waals surface area contributed by atoms with Gasteiger partial charge in [-0.05, 0) is 12.5 Å². The van der Waals surface area contributed by atoms with E-state index in [2.05, 4.69) is 5.43 Å². The molecular formula is C12H15FN2O2. The van der Waals surface area contributed by atoms with Crippen LogP contribution in [-0.2, 0) is 4.79 Å². The second-order valence-electron chi connectivity index (χ2n) is 4.05. The summed E-state index contributed by atoms with van der Waals surface area (Å²) in [6, 6.07) is 6.18. The minimum atomic E-state index is -0.303. The number of carbonyl (C=O) groups is 1. The lowest BCUT2D eigenvalue weighted by atomic mass is 10.0. The van der Waals surface area contributed by atoms with E-state index in [1.807, 2.05) is 0 Å². The van der Waals surface area contributed by atoms with Crippen LogP contribution in [0.25, 0.3) is 0 Å². The molecule has 1 aliphatic rings. The Labute approximate surface area is 99.0 Å². The quantitative estimate of drug-likeness (QED) is 0.822. The highest BCUT2D eigenvalue weighted by atomic mass is 19.1. The van der Waals surface area contributed by atoms with Crippen molar-refractivity contribution in [3.8, 4) is 0 Å². The topological polar surface area (TPSA) is 52.6 Å². The summed E-state index contributed by atoms with van der Waals surface area (Å²) in [5, 5.41) is 10.5. The maximum Gasteiger partial charge on any atom is 0.236 e. The number of hydrogen-bond acceptors (Lipinski definition) is 3. The molecule has 1 aliphatic heterocycles. The smallest absolute Gasteiger partial charge is 0.236 e. The summed E-state index contributed by atoms with van der Waals surface area (Å²) in [6.07, 6.45) is 0.803. The highest BCUT2D eigenvalue weighted by Gasteiger charge is 2.32. The molecule has 1 unspecified atom stereocenters. The van der Waals surface area contributed by atoms with Crippen LogP contribution in [0.4, 0.5) is 4.39 Å². The number of hydrazine groups is 1. The van der Waals surface area contributed by atoms with Crippen molar-refractivity contribution in [2.45, 2.75) is 18.9 Å². The van der Waals surface area contributed by atoms with Gasteiger partial charge < -0.3 is 5.11 Å². The van der Waals surface area contributed by atoms with Crippen molar-refractivity contribution in [3.05, 3.63) is 35.6 Å². The van der Waals surface area contributed by atoms with E-state index < -0.39 is 0 Å². The number of aliphatic hydroxyl groups excluding tert-OH is 1. The molecule has 1 atom stereocenters. The maximum absolute atomic E-state index is 13.6. The molecule has 17 heavy (non-hydrogen) atoms. The normalized spacial score (nSPS) is 20.6. The van der Waals surface area contributed by atoms with Crippen molar-refractivity contribution in [2.24, 2.45) is 0 Å². The maximum atomic E-state index is 13.6. The molecule has 0 bridgehead atoms. The van der Waals surface area contributed by atoms with Gasteiger partial charge >= 0.3 is 0 Å². The second-order valence-corrected chi connectivity index (χ2v) is 4.05.